The van der Waals surface area contributed by atoms with Gasteiger partial charge in [-0.2, -0.15) is 0 Å². The molecular weight excluding hydrogens is 256 g/mol. The van der Waals surface area contributed by atoms with Crippen LogP contribution in [-0.4, -0.2) is 55.0 Å². The summed E-state index contributed by atoms with van der Waals surface area (Å²) in [6.07, 6.45) is 4.64. The van der Waals surface area contributed by atoms with Gasteiger partial charge in [-0.05, 0) is 46.5 Å². The van der Waals surface area contributed by atoms with E-state index >= 15 is 0 Å². The van der Waals surface area contributed by atoms with Crippen LogP contribution in [0.25, 0.3) is 0 Å². The van der Waals surface area contributed by atoms with Crippen LogP contribution >= 0.6 is 0 Å². The van der Waals surface area contributed by atoms with Crippen molar-refractivity contribution >= 4 is 6.09 Å². The van der Waals surface area contributed by atoms with Crippen LogP contribution in [0.15, 0.2) is 0 Å². The fourth-order valence-corrected chi connectivity index (χ4v) is 3.09. The van der Waals surface area contributed by atoms with Crippen LogP contribution < -0.4 is 5.32 Å². The summed E-state index contributed by atoms with van der Waals surface area (Å²) >= 11 is 0. The lowest BCUT2D eigenvalue weighted by molar-refractivity contribution is 0.0288. The molecule has 1 N–H and O–H groups in total. The molecule has 2 fully saturated rings. The molecule has 0 radical (unpaired) electrons. The van der Waals surface area contributed by atoms with Crippen molar-refractivity contribution in [3.8, 4) is 0 Å². The van der Waals surface area contributed by atoms with Gasteiger partial charge in [0.15, 0.2) is 0 Å². The van der Waals surface area contributed by atoms with Crippen molar-refractivity contribution in [2.45, 2.75) is 70.2 Å². The number of hydrogen-bond donors (Lipinski definition) is 1. The monoisotopic (exact) mass is 284 g/mol. The second-order valence-corrected chi connectivity index (χ2v) is 6.89. The van der Waals surface area contributed by atoms with Crippen LogP contribution in [0.2, 0.25) is 0 Å². The molecule has 1 aliphatic carbocycles. The summed E-state index contributed by atoms with van der Waals surface area (Å²) in [5.74, 6) is 0. The zero-order valence-corrected chi connectivity index (χ0v) is 13.1. The molecule has 1 saturated heterocycles. The van der Waals surface area contributed by atoms with E-state index in [2.05, 4.69) is 5.32 Å². The van der Waals surface area contributed by atoms with E-state index in [4.69, 9.17) is 9.47 Å². The summed E-state index contributed by atoms with van der Waals surface area (Å²) in [4.78, 5) is 13.8. The van der Waals surface area contributed by atoms with Crippen molar-refractivity contribution in [3.05, 3.63) is 0 Å². The van der Waals surface area contributed by atoms with Crippen molar-refractivity contribution < 1.29 is 14.3 Å². The van der Waals surface area contributed by atoms with E-state index < -0.39 is 5.60 Å². The highest BCUT2D eigenvalue weighted by atomic mass is 16.6. The standard InChI is InChI=1S/C15H28N2O3/c1-15(2,3)20-14(18)17-9-8-11(10-17)16-12-6-5-7-13(12)19-4/h11-13,16H,5-10H2,1-4H3. The summed E-state index contributed by atoms with van der Waals surface area (Å²) in [5.41, 5.74) is -0.421. The van der Waals surface area contributed by atoms with Gasteiger partial charge in [-0.1, -0.05) is 0 Å². The lowest BCUT2D eigenvalue weighted by atomic mass is 10.1. The number of methoxy groups -OCH3 is 1. The number of ether oxygens (including phenoxy) is 2. The Morgan fingerprint density at radius 2 is 2.00 bits per heavy atom. The quantitative estimate of drug-likeness (QED) is 0.863. The van der Waals surface area contributed by atoms with Crippen LogP contribution in [-0.2, 0) is 9.47 Å². The number of nitrogens with one attached hydrogen (secondary N) is 1. The Morgan fingerprint density at radius 1 is 1.25 bits per heavy atom. The molecule has 0 aromatic rings. The highest BCUT2D eigenvalue weighted by Gasteiger charge is 2.34. The maximum absolute atomic E-state index is 12.0. The second-order valence-electron chi connectivity index (χ2n) is 6.89. The predicted molar refractivity (Wildman–Crippen MR) is 77.8 cm³/mol. The first-order valence-electron chi connectivity index (χ1n) is 7.66. The van der Waals surface area contributed by atoms with Crippen molar-refractivity contribution in [2.75, 3.05) is 20.2 Å². The van der Waals surface area contributed by atoms with Crippen LogP contribution in [0.1, 0.15) is 46.5 Å². The van der Waals surface area contributed by atoms with E-state index in [1.165, 1.54) is 12.8 Å². The number of carbonyl (C=O) groups excluding carboxylic acids is 1. The Labute approximate surface area is 122 Å². The first-order chi connectivity index (χ1) is 9.39. The third-order valence-corrected chi connectivity index (χ3v) is 4.05. The maximum atomic E-state index is 12.0. The zero-order valence-electron chi connectivity index (χ0n) is 13.1. The molecule has 0 spiro atoms. The topological polar surface area (TPSA) is 50.8 Å². The number of carbonyl (C=O) groups is 1. The van der Waals surface area contributed by atoms with Gasteiger partial charge in [-0.25, -0.2) is 4.79 Å². The highest BCUT2D eigenvalue weighted by molar-refractivity contribution is 5.68. The average Bonchev–Trinajstić information content (AvgIpc) is 2.96. The molecule has 1 amide bonds. The molecule has 5 heteroatoms. The number of nitrogens with zero attached hydrogens (tertiary/aromatic N) is 1. The molecule has 1 heterocycles. The number of likely N-dealkylation sites (tertiary alicyclic amines) is 1. The van der Waals surface area contributed by atoms with Crippen LogP contribution in [0.4, 0.5) is 4.79 Å². The summed E-state index contributed by atoms with van der Waals surface area (Å²) in [6, 6.07) is 0.798. The second kappa shape index (κ2) is 6.31. The van der Waals surface area contributed by atoms with Crippen molar-refractivity contribution in [1.82, 2.24) is 10.2 Å². The Hall–Kier alpha value is -0.810. The van der Waals surface area contributed by atoms with E-state index in [1.54, 1.807) is 12.0 Å². The first-order valence-corrected chi connectivity index (χ1v) is 7.66. The maximum Gasteiger partial charge on any atom is 0.410 e. The van der Waals surface area contributed by atoms with Crippen LogP contribution in [0.3, 0.4) is 0 Å². The molecule has 116 valence electrons. The van der Waals surface area contributed by atoms with E-state index in [0.29, 0.717) is 18.2 Å². The van der Waals surface area contributed by atoms with Gasteiger partial charge in [0.25, 0.3) is 0 Å². The average molecular weight is 284 g/mol. The molecule has 1 saturated carbocycles. The summed E-state index contributed by atoms with van der Waals surface area (Å²) in [5, 5.41) is 3.65. The molecule has 5 nitrogen and oxygen atoms in total. The first kappa shape index (κ1) is 15.6. The lowest BCUT2D eigenvalue weighted by Gasteiger charge is -2.26. The summed E-state index contributed by atoms with van der Waals surface area (Å²) < 4.78 is 10.9. The van der Waals surface area contributed by atoms with Crippen molar-refractivity contribution in [3.63, 3.8) is 0 Å². The third kappa shape index (κ3) is 4.09. The molecule has 0 aromatic carbocycles. The van der Waals surface area contributed by atoms with E-state index in [0.717, 1.165) is 25.9 Å². The number of hydrogen-bond acceptors (Lipinski definition) is 4. The van der Waals surface area contributed by atoms with Crippen molar-refractivity contribution in [2.24, 2.45) is 0 Å². The smallest absolute Gasteiger partial charge is 0.410 e. The van der Waals surface area contributed by atoms with Gasteiger partial charge in [-0.3, -0.25) is 0 Å². The van der Waals surface area contributed by atoms with Crippen LogP contribution in [0.5, 0.6) is 0 Å². The SMILES string of the molecule is COC1CCCC1NC1CCN(C(=O)OC(C)(C)C)C1. The fraction of sp³-hybridized carbons (Fsp3) is 0.933. The Kier molecular flexibility index (Phi) is 4.91. The minimum absolute atomic E-state index is 0.198. The van der Waals surface area contributed by atoms with E-state index in [1.807, 2.05) is 20.8 Å². The third-order valence-electron chi connectivity index (χ3n) is 4.05. The highest BCUT2D eigenvalue weighted by Crippen LogP contribution is 2.23. The summed E-state index contributed by atoms with van der Waals surface area (Å²) in [6.45, 7) is 7.22. The minimum atomic E-state index is -0.421. The van der Waals surface area contributed by atoms with Gasteiger partial charge in [0.05, 0.1) is 6.10 Å². The van der Waals surface area contributed by atoms with Gasteiger partial charge < -0.3 is 19.7 Å². The van der Waals surface area contributed by atoms with E-state index in [9.17, 15) is 4.79 Å². The molecule has 2 aliphatic rings. The summed E-state index contributed by atoms with van der Waals surface area (Å²) in [7, 11) is 1.78. The van der Waals surface area contributed by atoms with Gasteiger partial charge in [-0.15, -0.1) is 0 Å². The minimum Gasteiger partial charge on any atom is -0.444 e. The molecule has 3 unspecified atom stereocenters. The molecule has 3 atom stereocenters. The fourth-order valence-electron chi connectivity index (χ4n) is 3.09. The molecule has 2 rings (SSSR count). The number of rotatable bonds is 3. The van der Waals surface area contributed by atoms with Crippen molar-refractivity contribution in [1.29, 1.82) is 0 Å². The largest absolute Gasteiger partial charge is 0.444 e. The van der Waals surface area contributed by atoms with Gasteiger partial charge in [0, 0.05) is 32.3 Å². The zero-order chi connectivity index (χ0) is 14.8. The Balaban J connectivity index is 1.79. The molecule has 20 heavy (non-hydrogen) atoms. The van der Waals surface area contributed by atoms with Gasteiger partial charge in [0.1, 0.15) is 5.60 Å². The molecule has 1 aliphatic heterocycles. The number of amides is 1. The van der Waals surface area contributed by atoms with Gasteiger partial charge in [0.2, 0.25) is 0 Å². The van der Waals surface area contributed by atoms with Gasteiger partial charge >= 0.3 is 6.09 Å². The lowest BCUT2D eigenvalue weighted by Crippen LogP contribution is -2.45. The molecule has 0 aromatic heterocycles. The Bertz CT molecular complexity index is 341. The normalized spacial score (nSPS) is 30.8. The predicted octanol–water partition coefficient (Wildman–Crippen LogP) is 2.15. The van der Waals surface area contributed by atoms with E-state index in [-0.39, 0.29) is 6.09 Å². The molecular formula is C15H28N2O3. The molecule has 0 bridgehead atoms. The van der Waals surface area contributed by atoms with Crippen LogP contribution in [0, 0.1) is 0 Å². The Morgan fingerprint density at radius 3 is 2.65 bits per heavy atom.